The number of benzene rings is 3. The van der Waals surface area contributed by atoms with Crippen LogP contribution in [0, 0.1) is 17.0 Å². The number of hydrogen-bond acceptors (Lipinski definition) is 4. The lowest BCUT2D eigenvalue weighted by molar-refractivity contribution is -0.387. The van der Waals surface area contributed by atoms with E-state index >= 15 is 0 Å². The van der Waals surface area contributed by atoms with Gasteiger partial charge < -0.3 is 9.46 Å². The van der Waals surface area contributed by atoms with E-state index in [9.17, 15) is 14.3 Å². The molecule has 1 unspecified atom stereocenters. The molecule has 0 heterocycles. The molecule has 7 heteroatoms. The van der Waals surface area contributed by atoms with Crippen molar-refractivity contribution in [3.63, 3.8) is 0 Å². The van der Waals surface area contributed by atoms with E-state index in [0.717, 1.165) is 16.9 Å². The van der Waals surface area contributed by atoms with Gasteiger partial charge in [0.1, 0.15) is 17.3 Å². The average Bonchev–Trinajstić information content (AvgIpc) is 2.69. The molecule has 0 aliphatic carbocycles. The zero-order chi connectivity index (χ0) is 20.1. The summed E-state index contributed by atoms with van der Waals surface area (Å²) < 4.78 is 21.8. The summed E-state index contributed by atoms with van der Waals surface area (Å²) in [5.41, 5.74) is 2.08. The summed E-state index contributed by atoms with van der Waals surface area (Å²) in [7, 11) is -3.13. The second kappa shape index (κ2) is 8.14. The molecule has 0 bridgehead atoms. The maximum atomic E-state index is 13.2. The van der Waals surface area contributed by atoms with Crippen molar-refractivity contribution >= 4 is 27.0 Å². The van der Waals surface area contributed by atoms with Crippen LogP contribution in [0.25, 0.3) is 0 Å². The first kappa shape index (κ1) is 19.4. The van der Waals surface area contributed by atoms with Crippen LogP contribution in [-0.2, 0) is 16.3 Å². The molecule has 0 fully saturated rings. The van der Waals surface area contributed by atoms with Gasteiger partial charge in [-0.25, -0.2) is 4.21 Å². The molecule has 3 rings (SSSR count). The molecule has 0 saturated heterocycles. The van der Waals surface area contributed by atoms with E-state index in [1.807, 2.05) is 55.5 Å². The topological polar surface area (TPSA) is 81.5 Å². The number of para-hydroxylation sites is 2. The highest BCUT2D eigenvalue weighted by atomic mass is 32.2. The van der Waals surface area contributed by atoms with Gasteiger partial charge >= 0.3 is 0 Å². The fourth-order valence-corrected chi connectivity index (χ4v) is 4.14. The molecule has 0 amide bonds. The molecule has 0 aliphatic rings. The highest BCUT2D eigenvalue weighted by Crippen LogP contribution is 2.27. The predicted octanol–water partition coefficient (Wildman–Crippen LogP) is 4.58. The lowest BCUT2D eigenvalue weighted by Crippen LogP contribution is -2.15. The highest BCUT2D eigenvalue weighted by molar-refractivity contribution is 8.01. The first-order valence-electron chi connectivity index (χ1n) is 8.52. The van der Waals surface area contributed by atoms with Crippen LogP contribution in [0.2, 0.25) is 0 Å². The Morgan fingerprint density at radius 3 is 2.46 bits per heavy atom. The van der Waals surface area contributed by atoms with Gasteiger partial charge in [-0.2, -0.15) is 0 Å². The number of hydrogen-bond donors (Lipinski definition) is 1. The van der Waals surface area contributed by atoms with E-state index in [2.05, 4.69) is 10.6 Å². The summed E-state index contributed by atoms with van der Waals surface area (Å²) in [6.07, 6.45) is 0. The third kappa shape index (κ3) is 4.50. The van der Waals surface area contributed by atoms with Gasteiger partial charge in [0.2, 0.25) is 0 Å². The van der Waals surface area contributed by atoms with Crippen LogP contribution < -0.4 is 9.46 Å². The van der Waals surface area contributed by atoms with Crippen LogP contribution in [0.3, 0.4) is 0 Å². The molecule has 0 radical (unpaired) electrons. The van der Waals surface area contributed by atoms with E-state index in [-0.39, 0.29) is 10.6 Å². The molecule has 0 aromatic heterocycles. The third-order valence-electron chi connectivity index (χ3n) is 4.14. The van der Waals surface area contributed by atoms with E-state index in [0.29, 0.717) is 12.3 Å². The molecule has 28 heavy (non-hydrogen) atoms. The first-order valence-corrected chi connectivity index (χ1v) is 10.3. The Hall–Kier alpha value is -3.32. The summed E-state index contributed by atoms with van der Waals surface area (Å²) in [5, 5.41) is 11.3. The predicted molar refractivity (Wildman–Crippen MR) is 112 cm³/mol. The third-order valence-corrected chi connectivity index (χ3v) is 5.75. The van der Waals surface area contributed by atoms with Crippen molar-refractivity contribution in [2.75, 3.05) is 4.72 Å². The van der Waals surface area contributed by atoms with E-state index in [1.54, 1.807) is 6.07 Å². The molecule has 1 N–H and O–H groups in total. The number of aryl methyl sites for hydroxylation is 1. The van der Waals surface area contributed by atoms with Gasteiger partial charge in [0.05, 0.1) is 14.6 Å². The molecule has 0 aliphatic heterocycles. The van der Waals surface area contributed by atoms with E-state index < -0.39 is 14.6 Å². The molecule has 1 atom stereocenters. The van der Waals surface area contributed by atoms with Crippen molar-refractivity contribution in [1.29, 1.82) is 0 Å². The maximum absolute atomic E-state index is 13.2. The van der Waals surface area contributed by atoms with Crippen LogP contribution in [0.5, 0.6) is 5.75 Å². The van der Waals surface area contributed by atoms with Crippen molar-refractivity contribution in [3.05, 3.63) is 94.0 Å². The molecule has 0 saturated carbocycles. The minimum atomic E-state index is -3.13. The van der Waals surface area contributed by atoms with E-state index in [4.69, 9.17) is 4.74 Å². The van der Waals surface area contributed by atoms with Gasteiger partial charge in [-0.05, 0) is 48.2 Å². The van der Waals surface area contributed by atoms with Crippen molar-refractivity contribution in [2.45, 2.75) is 18.4 Å². The average molecular weight is 396 g/mol. The Morgan fingerprint density at radius 2 is 1.75 bits per heavy atom. The van der Waals surface area contributed by atoms with Crippen molar-refractivity contribution in [1.82, 2.24) is 0 Å². The summed E-state index contributed by atoms with van der Waals surface area (Å²) in [5.74, 6) is 4.47. The van der Waals surface area contributed by atoms with E-state index in [1.165, 1.54) is 18.2 Å². The van der Waals surface area contributed by atoms with Crippen LogP contribution in [0.15, 0.2) is 77.7 Å². The largest absolute Gasteiger partial charge is 0.489 e. The number of nitrogens with zero attached hydrogens (tertiary/aromatic N) is 1. The Bertz CT molecular complexity index is 1100. The number of rotatable bonds is 7. The van der Waals surface area contributed by atoms with Crippen LogP contribution in [-0.4, -0.2) is 15.0 Å². The maximum Gasteiger partial charge on any atom is 0.286 e. The fourth-order valence-electron chi connectivity index (χ4n) is 2.67. The fraction of sp³-hybridized carbons (Fsp3) is 0.0952. The Labute approximate surface area is 164 Å². The number of nitrogens with one attached hydrogen (secondary N) is 1. The second-order valence-electron chi connectivity index (χ2n) is 6.25. The Kier molecular flexibility index (Phi) is 5.65. The van der Waals surface area contributed by atoms with Crippen LogP contribution in [0.4, 0.5) is 11.4 Å². The SMILES string of the molecule is C=S(=O)(Nc1cc(COc2ccccc2)ccc1C)c1ccccc1[N+](=O)[O-]. The van der Waals surface area contributed by atoms with Gasteiger partial charge in [-0.3, -0.25) is 10.1 Å². The zero-order valence-corrected chi connectivity index (χ0v) is 16.1. The number of nitro benzene ring substituents is 1. The normalized spacial score (nSPS) is 12.8. The standard InChI is InChI=1S/C21H20N2O4S/c1-16-12-13-17(15-27-18-8-4-3-5-9-18)14-19(16)22-28(2,26)21-11-7-6-10-20(21)23(24)25/h3-14H,2,15H2,1H3,(H,22,26). The monoisotopic (exact) mass is 396 g/mol. The molecule has 3 aromatic rings. The van der Waals surface area contributed by atoms with Gasteiger partial charge in [-0.15, -0.1) is 0 Å². The molecular weight excluding hydrogens is 376 g/mol. The second-order valence-corrected chi connectivity index (χ2v) is 8.25. The minimum absolute atomic E-state index is 0.0605. The molecule has 6 nitrogen and oxygen atoms in total. The summed E-state index contributed by atoms with van der Waals surface area (Å²) in [4.78, 5) is 10.8. The first-order chi connectivity index (χ1) is 13.4. The Balaban J connectivity index is 1.85. The lowest BCUT2D eigenvalue weighted by atomic mass is 10.1. The number of ether oxygens (including phenoxy) is 1. The zero-order valence-electron chi connectivity index (χ0n) is 15.3. The molecule has 3 aromatic carbocycles. The van der Waals surface area contributed by atoms with Gasteiger partial charge in [-0.1, -0.05) is 42.5 Å². The molecule has 144 valence electrons. The summed E-state index contributed by atoms with van der Waals surface area (Å²) in [6.45, 7) is 2.20. The van der Waals surface area contributed by atoms with Crippen LogP contribution in [0.1, 0.15) is 11.1 Å². The van der Waals surface area contributed by atoms with Crippen molar-refractivity contribution in [3.8, 4) is 5.75 Å². The van der Waals surface area contributed by atoms with Crippen molar-refractivity contribution < 1.29 is 13.9 Å². The summed E-state index contributed by atoms with van der Waals surface area (Å²) >= 11 is 0. The quantitative estimate of drug-likeness (QED) is 0.360. The smallest absolute Gasteiger partial charge is 0.286 e. The van der Waals surface area contributed by atoms with Crippen molar-refractivity contribution in [2.24, 2.45) is 0 Å². The lowest BCUT2D eigenvalue weighted by Gasteiger charge is -2.16. The Morgan fingerprint density at radius 1 is 1.07 bits per heavy atom. The molecule has 0 spiro atoms. The van der Waals surface area contributed by atoms with Gasteiger partial charge in [0.15, 0.2) is 0 Å². The summed E-state index contributed by atoms with van der Waals surface area (Å²) in [6, 6.07) is 20.9. The van der Waals surface area contributed by atoms with Gasteiger partial charge in [0, 0.05) is 11.8 Å². The van der Waals surface area contributed by atoms with Crippen LogP contribution >= 0.6 is 0 Å². The molecular formula is C21H20N2O4S. The number of nitro groups is 1. The highest BCUT2D eigenvalue weighted by Gasteiger charge is 2.21. The van der Waals surface area contributed by atoms with Gasteiger partial charge in [0.25, 0.3) is 5.69 Å². The minimum Gasteiger partial charge on any atom is -0.489 e. The number of anilines is 1.